The van der Waals surface area contributed by atoms with Crippen LogP contribution >= 0.6 is 0 Å². The average Bonchev–Trinajstić information content (AvgIpc) is 3.47. The number of fused-ring (bicyclic) bond motifs is 3. The maximum Gasteiger partial charge on any atom is 0.310 e. The molecule has 5 heteroatoms. The van der Waals surface area contributed by atoms with E-state index in [1.807, 2.05) is 0 Å². The summed E-state index contributed by atoms with van der Waals surface area (Å²) in [5.41, 5.74) is 2.79. The number of carbonyl (C=O) groups excluding carboxylic acids is 3. The summed E-state index contributed by atoms with van der Waals surface area (Å²) in [6, 6.07) is 0. The number of carboxylic acids is 1. The van der Waals surface area contributed by atoms with E-state index in [9.17, 15) is 24.3 Å². The predicted molar refractivity (Wildman–Crippen MR) is 174 cm³/mol. The topological polar surface area (TPSA) is 88.5 Å². The highest BCUT2D eigenvalue weighted by molar-refractivity contribution is 5.93. The van der Waals surface area contributed by atoms with Crippen LogP contribution in [0.4, 0.5) is 0 Å². The maximum atomic E-state index is 14.1. The molecule has 2 saturated carbocycles. The minimum absolute atomic E-state index is 0.0353. The van der Waals surface area contributed by atoms with Crippen LogP contribution in [0.25, 0.3) is 0 Å². The summed E-state index contributed by atoms with van der Waals surface area (Å²) in [7, 11) is 0. The first-order valence-corrected chi connectivity index (χ1v) is 17.3. The SMILES string of the molecule is CC(C)=CCCC1=CC[C@H](C(=O)C[C@@H](C)[C@]2(C)CCC(=O)[C@@]23CCC2=C3CC[C@H]3C(C)(C)C(=O)CC[C@]23C)[C@@](C)(C(=O)O)C1. The molecule has 5 rings (SSSR count). The number of ketones is 3. The Morgan fingerprint density at radius 3 is 2.30 bits per heavy atom. The Balaban J connectivity index is 1.42. The molecule has 2 fully saturated rings. The van der Waals surface area contributed by atoms with Gasteiger partial charge in [0.15, 0.2) is 0 Å². The van der Waals surface area contributed by atoms with Crippen molar-refractivity contribution >= 4 is 23.3 Å². The molecule has 5 aliphatic carbocycles. The van der Waals surface area contributed by atoms with Gasteiger partial charge in [-0.25, -0.2) is 0 Å². The quantitative estimate of drug-likeness (QED) is 0.279. The number of aliphatic carboxylic acids is 1. The number of rotatable bonds is 8. The highest BCUT2D eigenvalue weighted by atomic mass is 16.4. The third-order valence-electron chi connectivity index (χ3n) is 14.1. The standard InChI is InChI=1S/C39H56O5/c1-24(2)10-9-11-26-12-13-29(37(7,23-26)34(43)44)30(40)22-25(3)38(8)20-18-33(42)39(38)21-16-27-28(39)14-15-31-35(4,5)32(41)17-19-36(27,31)6/h10,12,25,29,31H,9,11,13-23H2,1-8H3,(H,43,44)/t25-,29-,31+,36-,37+,38+,39+/m1/s1. The van der Waals surface area contributed by atoms with Crippen molar-refractivity contribution in [3.8, 4) is 0 Å². The molecule has 0 bridgehead atoms. The zero-order valence-corrected chi connectivity index (χ0v) is 28.7. The molecule has 0 aromatic rings. The summed E-state index contributed by atoms with van der Waals surface area (Å²) in [6.45, 7) is 16.9. The smallest absolute Gasteiger partial charge is 0.310 e. The lowest BCUT2D eigenvalue weighted by molar-refractivity contribution is -0.155. The first-order chi connectivity index (χ1) is 20.4. The van der Waals surface area contributed by atoms with E-state index in [4.69, 9.17) is 0 Å². The lowest BCUT2D eigenvalue weighted by Crippen LogP contribution is -2.51. The monoisotopic (exact) mass is 604 g/mol. The van der Waals surface area contributed by atoms with Gasteiger partial charge in [-0.2, -0.15) is 0 Å². The van der Waals surface area contributed by atoms with E-state index in [2.05, 4.69) is 60.6 Å². The first-order valence-electron chi connectivity index (χ1n) is 17.3. The molecular weight excluding hydrogens is 548 g/mol. The Labute approximate surface area is 265 Å². The minimum Gasteiger partial charge on any atom is -0.481 e. The first kappa shape index (κ1) is 33.1. The molecular formula is C39H56O5. The van der Waals surface area contributed by atoms with Crippen molar-refractivity contribution in [3.63, 3.8) is 0 Å². The van der Waals surface area contributed by atoms with E-state index in [1.165, 1.54) is 16.7 Å². The van der Waals surface area contributed by atoms with Crippen molar-refractivity contribution in [2.45, 2.75) is 139 Å². The van der Waals surface area contributed by atoms with Gasteiger partial charge in [0.2, 0.25) is 0 Å². The van der Waals surface area contributed by atoms with Crippen LogP contribution in [0.3, 0.4) is 0 Å². The zero-order chi connectivity index (χ0) is 32.5. The second-order valence-electron chi connectivity index (χ2n) is 16.8. The number of hydrogen-bond acceptors (Lipinski definition) is 4. The van der Waals surface area contributed by atoms with Gasteiger partial charge < -0.3 is 5.11 Å². The number of hydrogen-bond donors (Lipinski definition) is 1. The molecule has 44 heavy (non-hydrogen) atoms. The van der Waals surface area contributed by atoms with Crippen LogP contribution < -0.4 is 0 Å². The Kier molecular flexibility index (Phi) is 8.41. The molecule has 0 unspecified atom stereocenters. The third-order valence-corrected chi connectivity index (χ3v) is 14.1. The molecule has 5 nitrogen and oxygen atoms in total. The van der Waals surface area contributed by atoms with Crippen LogP contribution in [-0.4, -0.2) is 28.4 Å². The summed E-state index contributed by atoms with van der Waals surface area (Å²) in [6.07, 6.45) is 13.6. The van der Waals surface area contributed by atoms with E-state index in [-0.39, 0.29) is 27.9 Å². The maximum absolute atomic E-state index is 14.1. The van der Waals surface area contributed by atoms with E-state index in [0.29, 0.717) is 49.6 Å². The molecule has 0 aliphatic heterocycles. The summed E-state index contributed by atoms with van der Waals surface area (Å²) < 4.78 is 0. The van der Waals surface area contributed by atoms with Crippen molar-refractivity contribution in [1.82, 2.24) is 0 Å². The molecule has 0 heterocycles. The lowest BCUT2D eigenvalue weighted by atomic mass is 9.48. The van der Waals surface area contributed by atoms with E-state index < -0.39 is 22.7 Å². The fourth-order valence-corrected chi connectivity index (χ4v) is 11.1. The third kappa shape index (κ3) is 4.77. The molecule has 0 radical (unpaired) electrons. The van der Waals surface area contributed by atoms with Gasteiger partial charge in [0.25, 0.3) is 0 Å². The van der Waals surface area contributed by atoms with Gasteiger partial charge in [0.1, 0.15) is 17.3 Å². The van der Waals surface area contributed by atoms with Crippen LogP contribution in [0, 0.1) is 44.8 Å². The number of allylic oxidation sites excluding steroid dienone is 6. The Morgan fingerprint density at radius 1 is 0.955 bits per heavy atom. The van der Waals surface area contributed by atoms with Crippen LogP contribution in [0.2, 0.25) is 0 Å². The van der Waals surface area contributed by atoms with Crippen molar-refractivity contribution in [3.05, 3.63) is 34.4 Å². The van der Waals surface area contributed by atoms with Crippen molar-refractivity contribution < 1.29 is 24.3 Å². The highest BCUT2D eigenvalue weighted by Crippen LogP contribution is 2.71. The minimum atomic E-state index is -1.11. The Hall–Kier alpha value is -2.30. The van der Waals surface area contributed by atoms with Gasteiger partial charge in [-0.1, -0.05) is 69.1 Å². The predicted octanol–water partition coefficient (Wildman–Crippen LogP) is 9.01. The van der Waals surface area contributed by atoms with Crippen LogP contribution in [-0.2, 0) is 19.2 Å². The lowest BCUT2D eigenvalue weighted by Gasteiger charge is -2.55. The Morgan fingerprint density at radius 2 is 1.64 bits per heavy atom. The number of carbonyl (C=O) groups is 4. The average molecular weight is 605 g/mol. The van der Waals surface area contributed by atoms with Gasteiger partial charge >= 0.3 is 5.97 Å². The van der Waals surface area contributed by atoms with Crippen molar-refractivity contribution in [2.24, 2.45) is 44.8 Å². The van der Waals surface area contributed by atoms with Crippen LogP contribution in [0.1, 0.15) is 139 Å². The normalized spacial score (nSPS) is 38.7. The van der Waals surface area contributed by atoms with Gasteiger partial charge in [-0.05, 0) is 108 Å². The van der Waals surface area contributed by atoms with Crippen molar-refractivity contribution in [2.75, 3.05) is 0 Å². The molecule has 0 aromatic carbocycles. The summed E-state index contributed by atoms with van der Waals surface area (Å²) in [5.74, 6) is -0.434. The molecule has 7 atom stereocenters. The summed E-state index contributed by atoms with van der Waals surface area (Å²) >= 11 is 0. The van der Waals surface area contributed by atoms with Gasteiger partial charge in [-0.3, -0.25) is 19.2 Å². The fourth-order valence-electron chi connectivity index (χ4n) is 11.1. The number of Topliss-reactive ketones (excluding diaryl/α,β-unsaturated/α-hetero) is 3. The van der Waals surface area contributed by atoms with Crippen LogP contribution in [0.15, 0.2) is 34.4 Å². The second kappa shape index (κ2) is 11.2. The Bertz CT molecular complexity index is 1360. The highest BCUT2D eigenvalue weighted by Gasteiger charge is 2.67. The molecule has 1 N–H and O–H groups in total. The molecule has 0 amide bonds. The fraction of sp³-hybridized carbons (Fsp3) is 0.744. The molecule has 242 valence electrons. The molecule has 5 aliphatic rings. The van der Waals surface area contributed by atoms with Crippen molar-refractivity contribution in [1.29, 1.82) is 0 Å². The molecule has 0 aromatic heterocycles. The van der Waals surface area contributed by atoms with Gasteiger partial charge in [0.05, 0.1) is 10.8 Å². The largest absolute Gasteiger partial charge is 0.481 e. The number of carboxylic acid groups (broad SMARTS) is 1. The van der Waals surface area contributed by atoms with Gasteiger partial charge in [-0.15, -0.1) is 0 Å². The molecule has 0 saturated heterocycles. The second-order valence-corrected chi connectivity index (χ2v) is 16.8. The van der Waals surface area contributed by atoms with E-state index in [0.717, 1.165) is 56.9 Å². The van der Waals surface area contributed by atoms with E-state index in [1.54, 1.807) is 6.92 Å². The van der Waals surface area contributed by atoms with Crippen LogP contribution in [0.5, 0.6) is 0 Å². The van der Waals surface area contributed by atoms with E-state index >= 15 is 0 Å². The zero-order valence-electron chi connectivity index (χ0n) is 28.7. The van der Waals surface area contributed by atoms with Gasteiger partial charge in [0, 0.05) is 30.6 Å². The summed E-state index contributed by atoms with van der Waals surface area (Å²) in [5, 5.41) is 10.4. The molecule has 1 spiro atoms. The summed E-state index contributed by atoms with van der Waals surface area (Å²) in [4.78, 5) is 53.9.